The Morgan fingerprint density at radius 3 is 2.00 bits per heavy atom. The SMILES string of the molecule is C=COc1c(OC)cc(C)cc1OC. The third-order valence-corrected chi connectivity index (χ3v) is 1.81. The van der Waals surface area contributed by atoms with Gasteiger partial charge in [0, 0.05) is 0 Å². The lowest BCUT2D eigenvalue weighted by molar-refractivity contribution is 0.345. The van der Waals surface area contributed by atoms with E-state index in [4.69, 9.17) is 14.2 Å². The van der Waals surface area contributed by atoms with Gasteiger partial charge in [-0.25, -0.2) is 0 Å². The minimum Gasteiger partial charge on any atom is -0.493 e. The number of hydrogen-bond acceptors (Lipinski definition) is 3. The molecule has 0 aliphatic carbocycles. The Kier molecular flexibility index (Phi) is 3.40. The van der Waals surface area contributed by atoms with Crippen LogP contribution >= 0.6 is 0 Å². The van der Waals surface area contributed by atoms with E-state index in [1.807, 2.05) is 19.1 Å². The van der Waals surface area contributed by atoms with Gasteiger partial charge in [-0.15, -0.1) is 0 Å². The quantitative estimate of drug-likeness (QED) is 0.689. The minimum atomic E-state index is 0.551. The predicted octanol–water partition coefficient (Wildman–Crippen LogP) is 2.53. The molecule has 1 aromatic rings. The van der Waals surface area contributed by atoms with Crippen molar-refractivity contribution in [2.75, 3.05) is 14.2 Å². The summed E-state index contributed by atoms with van der Waals surface area (Å²) in [6, 6.07) is 3.75. The van der Waals surface area contributed by atoms with Gasteiger partial charge in [0.2, 0.25) is 5.75 Å². The molecule has 0 aliphatic rings. The van der Waals surface area contributed by atoms with Crippen LogP contribution in [-0.2, 0) is 0 Å². The van der Waals surface area contributed by atoms with Crippen LogP contribution in [0.1, 0.15) is 5.56 Å². The molecule has 0 aromatic heterocycles. The number of ether oxygens (including phenoxy) is 3. The van der Waals surface area contributed by atoms with Crippen LogP contribution in [0.2, 0.25) is 0 Å². The number of aryl methyl sites for hydroxylation is 1. The average Bonchev–Trinajstić information content (AvgIpc) is 2.20. The Morgan fingerprint density at radius 1 is 1.14 bits per heavy atom. The maximum absolute atomic E-state index is 5.22. The van der Waals surface area contributed by atoms with Gasteiger partial charge in [-0.2, -0.15) is 0 Å². The Balaban J connectivity index is 3.24. The molecule has 0 bridgehead atoms. The van der Waals surface area contributed by atoms with E-state index < -0.39 is 0 Å². The zero-order valence-corrected chi connectivity index (χ0v) is 8.66. The summed E-state index contributed by atoms with van der Waals surface area (Å²) in [5.41, 5.74) is 1.05. The highest BCUT2D eigenvalue weighted by Crippen LogP contribution is 2.38. The fraction of sp³-hybridized carbons (Fsp3) is 0.273. The summed E-state index contributed by atoms with van der Waals surface area (Å²) in [5.74, 6) is 1.83. The van der Waals surface area contributed by atoms with Gasteiger partial charge in [0.25, 0.3) is 0 Å². The molecule has 0 amide bonds. The summed E-state index contributed by atoms with van der Waals surface area (Å²) in [4.78, 5) is 0. The van der Waals surface area contributed by atoms with Crippen LogP contribution in [0.4, 0.5) is 0 Å². The maximum Gasteiger partial charge on any atom is 0.210 e. The van der Waals surface area contributed by atoms with Crippen molar-refractivity contribution in [1.82, 2.24) is 0 Å². The van der Waals surface area contributed by atoms with Crippen molar-refractivity contribution < 1.29 is 14.2 Å². The first-order valence-corrected chi connectivity index (χ1v) is 4.23. The van der Waals surface area contributed by atoms with E-state index in [1.165, 1.54) is 6.26 Å². The van der Waals surface area contributed by atoms with Crippen molar-refractivity contribution in [2.45, 2.75) is 6.92 Å². The summed E-state index contributed by atoms with van der Waals surface area (Å²) < 4.78 is 15.6. The molecule has 0 fully saturated rings. The third kappa shape index (κ3) is 1.99. The molecule has 0 N–H and O–H groups in total. The molecule has 0 aliphatic heterocycles. The maximum atomic E-state index is 5.22. The van der Waals surface area contributed by atoms with Crippen LogP contribution in [0.25, 0.3) is 0 Å². The highest BCUT2D eigenvalue weighted by atomic mass is 16.5. The molecular weight excluding hydrogens is 180 g/mol. The number of methoxy groups -OCH3 is 2. The van der Waals surface area contributed by atoms with Crippen LogP contribution in [0, 0.1) is 6.92 Å². The summed E-state index contributed by atoms with van der Waals surface area (Å²) in [7, 11) is 3.17. The predicted molar refractivity (Wildman–Crippen MR) is 55.1 cm³/mol. The van der Waals surface area contributed by atoms with Gasteiger partial charge in [-0.05, 0) is 24.6 Å². The second-order valence-electron chi connectivity index (χ2n) is 2.78. The first kappa shape index (κ1) is 10.4. The molecule has 14 heavy (non-hydrogen) atoms. The van der Waals surface area contributed by atoms with E-state index in [0.717, 1.165) is 5.56 Å². The molecule has 0 radical (unpaired) electrons. The van der Waals surface area contributed by atoms with Gasteiger partial charge >= 0.3 is 0 Å². The largest absolute Gasteiger partial charge is 0.493 e. The Bertz CT molecular complexity index is 306. The van der Waals surface area contributed by atoms with E-state index in [1.54, 1.807) is 14.2 Å². The van der Waals surface area contributed by atoms with E-state index in [0.29, 0.717) is 17.2 Å². The zero-order valence-electron chi connectivity index (χ0n) is 8.66. The molecule has 0 spiro atoms. The number of rotatable bonds is 4. The Labute approximate surface area is 83.9 Å². The van der Waals surface area contributed by atoms with E-state index >= 15 is 0 Å². The van der Waals surface area contributed by atoms with Crippen LogP contribution in [0.5, 0.6) is 17.2 Å². The first-order valence-electron chi connectivity index (χ1n) is 4.23. The standard InChI is InChI=1S/C11H14O3/c1-5-14-11-9(12-3)6-8(2)7-10(11)13-4/h5-7H,1H2,2-4H3. The summed E-state index contributed by atoms with van der Waals surface area (Å²) >= 11 is 0. The van der Waals surface area contributed by atoms with Crippen molar-refractivity contribution >= 4 is 0 Å². The highest BCUT2D eigenvalue weighted by Gasteiger charge is 2.11. The normalized spacial score (nSPS) is 9.36. The minimum absolute atomic E-state index is 0.551. The highest BCUT2D eigenvalue weighted by molar-refractivity contribution is 5.53. The Morgan fingerprint density at radius 2 is 1.64 bits per heavy atom. The smallest absolute Gasteiger partial charge is 0.210 e. The monoisotopic (exact) mass is 194 g/mol. The topological polar surface area (TPSA) is 27.7 Å². The second-order valence-corrected chi connectivity index (χ2v) is 2.78. The lowest BCUT2D eigenvalue weighted by atomic mass is 10.2. The van der Waals surface area contributed by atoms with Crippen LogP contribution in [0.15, 0.2) is 25.0 Å². The molecule has 1 aromatic carbocycles. The van der Waals surface area contributed by atoms with Crippen molar-refractivity contribution in [3.05, 3.63) is 30.5 Å². The zero-order chi connectivity index (χ0) is 10.6. The lowest BCUT2D eigenvalue weighted by Gasteiger charge is -2.12. The van der Waals surface area contributed by atoms with Gasteiger partial charge in [0.05, 0.1) is 20.5 Å². The molecule has 0 saturated carbocycles. The number of benzene rings is 1. The summed E-state index contributed by atoms with van der Waals surface area (Å²) in [5, 5.41) is 0. The number of hydrogen-bond donors (Lipinski definition) is 0. The fourth-order valence-corrected chi connectivity index (χ4v) is 1.21. The van der Waals surface area contributed by atoms with Crippen molar-refractivity contribution in [3.63, 3.8) is 0 Å². The van der Waals surface area contributed by atoms with Crippen LogP contribution in [-0.4, -0.2) is 14.2 Å². The van der Waals surface area contributed by atoms with Crippen molar-refractivity contribution in [1.29, 1.82) is 0 Å². The van der Waals surface area contributed by atoms with Gasteiger partial charge in [0.15, 0.2) is 11.5 Å². The van der Waals surface area contributed by atoms with Gasteiger partial charge < -0.3 is 14.2 Å². The molecule has 3 nitrogen and oxygen atoms in total. The molecule has 3 heteroatoms. The second kappa shape index (κ2) is 4.56. The molecule has 76 valence electrons. The Hall–Kier alpha value is -1.64. The molecular formula is C11H14O3. The summed E-state index contributed by atoms with van der Waals surface area (Å²) in [6.45, 7) is 5.46. The molecule has 0 heterocycles. The van der Waals surface area contributed by atoms with Crippen molar-refractivity contribution in [2.24, 2.45) is 0 Å². The van der Waals surface area contributed by atoms with Crippen LogP contribution < -0.4 is 14.2 Å². The van der Waals surface area contributed by atoms with E-state index in [2.05, 4.69) is 6.58 Å². The molecule has 0 unspecified atom stereocenters. The fourth-order valence-electron chi connectivity index (χ4n) is 1.21. The van der Waals surface area contributed by atoms with Gasteiger partial charge in [-0.1, -0.05) is 6.58 Å². The van der Waals surface area contributed by atoms with E-state index in [-0.39, 0.29) is 0 Å². The summed E-state index contributed by atoms with van der Waals surface area (Å²) in [6.07, 6.45) is 1.34. The van der Waals surface area contributed by atoms with Gasteiger partial charge in [-0.3, -0.25) is 0 Å². The van der Waals surface area contributed by atoms with Gasteiger partial charge in [0.1, 0.15) is 0 Å². The molecule has 1 rings (SSSR count). The average molecular weight is 194 g/mol. The molecule has 0 atom stereocenters. The molecule has 0 saturated heterocycles. The van der Waals surface area contributed by atoms with Crippen molar-refractivity contribution in [3.8, 4) is 17.2 Å². The van der Waals surface area contributed by atoms with Crippen LogP contribution in [0.3, 0.4) is 0 Å². The first-order chi connectivity index (χ1) is 6.72. The third-order valence-electron chi connectivity index (χ3n) is 1.81. The van der Waals surface area contributed by atoms with E-state index in [9.17, 15) is 0 Å². The lowest BCUT2D eigenvalue weighted by Crippen LogP contribution is -1.94.